The molecule has 4 rings (SSSR count). The fourth-order valence-corrected chi connectivity index (χ4v) is 4.93. The number of aryl methyl sites for hydroxylation is 2. The number of carboxylic acid groups (broad SMARTS) is 1. The number of hydrogen-bond acceptors (Lipinski definition) is 6. The first-order chi connectivity index (χ1) is 16.6. The van der Waals surface area contributed by atoms with Crippen molar-refractivity contribution in [2.24, 2.45) is 5.92 Å². The lowest BCUT2D eigenvalue weighted by Gasteiger charge is -2.35. The Morgan fingerprint density at radius 3 is 2.79 bits per heavy atom. The monoisotopic (exact) mass is 466 g/mol. The zero-order valence-electron chi connectivity index (χ0n) is 19.8. The van der Waals surface area contributed by atoms with E-state index in [9.17, 15) is 14.7 Å². The normalized spacial score (nSPS) is 17.3. The molecule has 3 heterocycles. The third kappa shape index (κ3) is 5.67. The second-order valence-electron chi connectivity index (χ2n) is 9.03. The quantitative estimate of drug-likeness (QED) is 0.488. The SMILES string of the molecule is COc1ccccc1C(C(=O)O)N1CCC(C(=O)NCCCc2ccc3c(n2)NCCC3)CC1. The number of aliphatic carboxylic acids is 1. The van der Waals surface area contributed by atoms with E-state index in [0.717, 1.165) is 43.7 Å². The Hall–Kier alpha value is -3.13. The van der Waals surface area contributed by atoms with Gasteiger partial charge in [-0.3, -0.25) is 14.5 Å². The first-order valence-electron chi connectivity index (χ1n) is 12.2. The van der Waals surface area contributed by atoms with Gasteiger partial charge in [-0.25, -0.2) is 4.98 Å². The van der Waals surface area contributed by atoms with Gasteiger partial charge in [0.15, 0.2) is 0 Å². The molecule has 0 saturated carbocycles. The summed E-state index contributed by atoms with van der Waals surface area (Å²) >= 11 is 0. The summed E-state index contributed by atoms with van der Waals surface area (Å²) in [5.41, 5.74) is 2.98. The average molecular weight is 467 g/mol. The number of para-hydroxylation sites is 1. The van der Waals surface area contributed by atoms with E-state index in [1.807, 2.05) is 17.0 Å². The molecule has 0 bridgehead atoms. The maximum Gasteiger partial charge on any atom is 0.325 e. The van der Waals surface area contributed by atoms with Crippen molar-refractivity contribution in [1.29, 1.82) is 0 Å². The minimum absolute atomic E-state index is 0.0592. The zero-order chi connectivity index (χ0) is 23.9. The molecule has 1 saturated heterocycles. The molecule has 1 amide bonds. The number of ether oxygens (including phenoxy) is 1. The number of benzene rings is 1. The molecule has 2 aliphatic rings. The van der Waals surface area contributed by atoms with Crippen LogP contribution in [0.2, 0.25) is 0 Å². The Morgan fingerprint density at radius 2 is 2.03 bits per heavy atom. The van der Waals surface area contributed by atoms with Crippen molar-refractivity contribution in [1.82, 2.24) is 15.2 Å². The van der Waals surface area contributed by atoms with Gasteiger partial charge in [-0.1, -0.05) is 24.3 Å². The van der Waals surface area contributed by atoms with Crippen molar-refractivity contribution >= 4 is 17.7 Å². The van der Waals surface area contributed by atoms with Crippen molar-refractivity contribution in [3.05, 3.63) is 53.2 Å². The van der Waals surface area contributed by atoms with Gasteiger partial charge in [0, 0.05) is 43.4 Å². The lowest BCUT2D eigenvalue weighted by atomic mass is 9.93. The van der Waals surface area contributed by atoms with Crippen molar-refractivity contribution in [2.45, 2.75) is 44.6 Å². The molecule has 182 valence electrons. The van der Waals surface area contributed by atoms with Crippen molar-refractivity contribution < 1.29 is 19.4 Å². The summed E-state index contributed by atoms with van der Waals surface area (Å²) in [6.45, 7) is 2.70. The maximum atomic E-state index is 12.7. The number of anilines is 1. The van der Waals surface area contributed by atoms with E-state index < -0.39 is 12.0 Å². The van der Waals surface area contributed by atoms with Crippen LogP contribution in [0.5, 0.6) is 5.75 Å². The number of amides is 1. The Labute approximate surface area is 200 Å². The summed E-state index contributed by atoms with van der Waals surface area (Å²) in [5, 5.41) is 16.3. The number of pyridine rings is 1. The molecular weight excluding hydrogens is 432 g/mol. The highest BCUT2D eigenvalue weighted by molar-refractivity contribution is 5.79. The second-order valence-corrected chi connectivity index (χ2v) is 9.03. The number of methoxy groups -OCH3 is 1. The summed E-state index contributed by atoms with van der Waals surface area (Å²) in [6, 6.07) is 10.7. The first-order valence-corrected chi connectivity index (χ1v) is 12.2. The van der Waals surface area contributed by atoms with Gasteiger partial charge in [0.05, 0.1) is 7.11 Å². The van der Waals surface area contributed by atoms with Gasteiger partial charge < -0.3 is 20.5 Å². The highest BCUT2D eigenvalue weighted by Gasteiger charge is 2.34. The van der Waals surface area contributed by atoms with Crippen LogP contribution in [-0.2, 0) is 22.4 Å². The number of fused-ring (bicyclic) bond motifs is 1. The molecule has 1 aromatic carbocycles. The van der Waals surface area contributed by atoms with Crippen LogP contribution in [0.3, 0.4) is 0 Å². The third-order valence-electron chi connectivity index (χ3n) is 6.79. The minimum Gasteiger partial charge on any atom is -0.496 e. The van der Waals surface area contributed by atoms with Crippen LogP contribution in [0.1, 0.15) is 48.5 Å². The lowest BCUT2D eigenvalue weighted by Crippen LogP contribution is -2.44. The second kappa shape index (κ2) is 11.3. The van der Waals surface area contributed by atoms with Gasteiger partial charge in [-0.2, -0.15) is 0 Å². The van der Waals surface area contributed by atoms with Gasteiger partial charge in [0.2, 0.25) is 5.91 Å². The van der Waals surface area contributed by atoms with E-state index in [1.54, 1.807) is 19.2 Å². The van der Waals surface area contributed by atoms with Crippen molar-refractivity contribution in [3.63, 3.8) is 0 Å². The summed E-state index contributed by atoms with van der Waals surface area (Å²) in [4.78, 5) is 31.4. The molecule has 2 aromatic rings. The van der Waals surface area contributed by atoms with Crippen molar-refractivity contribution in [3.8, 4) is 5.75 Å². The number of carboxylic acids is 1. The molecule has 8 heteroatoms. The molecule has 1 atom stereocenters. The number of carbonyl (C=O) groups excluding carboxylic acids is 1. The topological polar surface area (TPSA) is 104 Å². The molecule has 1 unspecified atom stereocenters. The largest absolute Gasteiger partial charge is 0.496 e. The Morgan fingerprint density at radius 1 is 1.24 bits per heavy atom. The van der Waals surface area contributed by atoms with Crippen LogP contribution < -0.4 is 15.4 Å². The average Bonchev–Trinajstić information content (AvgIpc) is 2.87. The van der Waals surface area contributed by atoms with Gasteiger partial charge in [-0.15, -0.1) is 0 Å². The number of nitrogens with zero attached hydrogens (tertiary/aromatic N) is 2. The third-order valence-corrected chi connectivity index (χ3v) is 6.79. The molecule has 2 aliphatic heterocycles. The molecular formula is C26H34N4O4. The molecule has 0 radical (unpaired) electrons. The number of carbonyl (C=O) groups is 2. The highest BCUT2D eigenvalue weighted by atomic mass is 16.5. The Bertz CT molecular complexity index is 1000. The van der Waals surface area contributed by atoms with Crippen LogP contribution in [0.15, 0.2) is 36.4 Å². The number of aromatic nitrogens is 1. The number of rotatable bonds is 9. The number of likely N-dealkylation sites (tertiary alicyclic amines) is 1. The standard InChI is InChI=1S/C26H34N4O4/c1-34-22-9-3-2-8-21(22)23(26(32)33)30-16-12-19(13-17-30)25(31)28-15-5-7-20-11-10-18-6-4-14-27-24(18)29-20/h2-3,8-11,19,23H,4-7,12-17H2,1H3,(H,27,29)(H,28,31)(H,32,33). The van der Waals surface area contributed by atoms with Crippen LogP contribution >= 0.6 is 0 Å². The number of piperidine rings is 1. The predicted octanol–water partition coefficient (Wildman–Crippen LogP) is 3.04. The van der Waals surface area contributed by atoms with Gasteiger partial charge in [-0.05, 0) is 56.2 Å². The zero-order valence-corrected chi connectivity index (χ0v) is 19.8. The smallest absolute Gasteiger partial charge is 0.325 e. The Kier molecular flexibility index (Phi) is 8.00. The van der Waals surface area contributed by atoms with E-state index in [1.165, 1.54) is 5.56 Å². The molecule has 34 heavy (non-hydrogen) atoms. The molecule has 1 fully saturated rings. The Balaban J connectivity index is 1.23. The van der Waals surface area contributed by atoms with E-state index in [4.69, 9.17) is 9.72 Å². The van der Waals surface area contributed by atoms with E-state index >= 15 is 0 Å². The fraction of sp³-hybridized carbons (Fsp3) is 0.500. The van der Waals surface area contributed by atoms with E-state index in [2.05, 4.69) is 22.8 Å². The summed E-state index contributed by atoms with van der Waals surface area (Å²) < 4.78 is 5.38. The predicted molar refractivity (Wildman–Crippen MR) is 130 cm³/mol. The molecule has 3 N–H and O–H groups in total. The van der Waals surface area contributed by atoms with Gasteiger partial charge in [0.1, 0.15) is 17.6 Å². The van der Waals surface area contributed by atoms with Crippen LogP contribution in [0.4, 0.5) is 5.82 Å². The van der Waals surface area contributed by atoms with Crippen molar-refractivity contribution in [2.75, 3.05) is 38.6 Å². The number of nitrogens with one attached hydrogen (secondary N) is 2. The molecule has 1 aromatic heterocycles. The molecule has 8 nitrogen and oxygen atoms in total. The molecule has 0 spiro atoms. The highest BCUT2D eigenvalue weighted by Crippen LogP contribution is 2.32. The van der Waals surface area contributed by atoms with Gasteiger partial charge >= 0.3 is 5.97 Å². The van der Waals surface area contributed by atoms with Crippen LogP contribution in [0, 0.1) is 5.92 Å². The minimum atomic E-state index is -0.904. The number of hydrogen-bond donors (Lipinski definition) is 3. The van der Waals surface area contributed by atoms with Gasteiger partial charge in [0.25, 0.3) is 0 Å². The van der Waals surface area contributed by atoms with E-state index in [0.29, 0.717) is 43.8 Å². The van der Waals surface area contributed by atoms with Crippen LogP contribution in [-0.4, -0.2) is 60.2 Å². The first kappa shape index (κ1) is 24.0. The maximum absolute atomic E-state index is 12.7. The fourth-order valence-electron chi connectivity index (χ4n) is 4.93. The summed E-state index contributed by atoms with van der Waals surface area (Å²) in [5.74, 6) is 0.642. The van der Waals surface area contributed by atoms with E-state index in [-0.39, 0.29) is 11.8 Å². The molecule has 0 aliphatic carbocycles. The summed E-state index contributed by atoms with van der Waals surface area (Å²) in [7, 11) is 1.55. The van der Waals surface area contributed by atoms with Crippen LogP contribution in [0.25, 0.3) is 0 Å². The lowest BCUT2D eigenvalue weighted by molar-refractivity contribution is -0.144. The summed E-state index contributed by atoms with van der Waals surface area (Å²) in [6.07, 6.45) is 5.18.